The highest BCUT2D eigenvalue weighted by atomic mass is 16.5. The molecule has 0 unspecified atom stereocenters. The van der Waals surface area contributed by atoms with Crippen LogP contribution in [0.1, 0.15) is 72.0 Å². The number of methoxy groups -OCH3 is 2. The molecular formula is C30H36O4. The minimum Gasteiger partial charge on any atom is -0.496 e. The molecule has 0 aliphatic heterocycles. The van der Waals surface area contributed by atoms with Gasteiger partial charge >= 0.3 is 5.97 Å². The normalized spacial score (nSPS) is 27.6. The standard InChI is InChI=1S/C30H36O4/c1-33-28-14-20(5-3-8-26(19-31)24-6-4-7-25(15-24)29(32)34-2)9-10-27(28)30-16-21-11-22(17-30)13-23(12-21)18-30/h4,6-10,14-15,21-23,31H,3,5,11-13,16-19H2,1-2H3. The third kappa shape index (κ3) is 4.40. The number of benzene rings is 2. The Balaban J connectivity index is 1.31. The van der Waals surface area contributed by atoms with Crippen LogP contribution in [0.3, 0.4) is 0 Å². The summed E-state index contributed by atoms with van der Waals surface area (Å²) in [5.41, 5.74) is 5.17. The maximum atomic E-state index is 11.8. The van der Waals surface area contributed by atoms with Crippen molar-refractivity contribution >= 4 is 11.5 Å². The molecule has 0 radical (unpaired) electrons. The Labute approximate surface area is 203 Å². The molecule has 4 fully saturated rings. The van der Waals surface area contributed by atoms with Gasteiger partial charge in [0.15, 0.2) is 0 Å². The van der Waals surface area contributed by atoms with E-state index < -0.39 is 0 Å². The molecule has 2 aromatic rings. The van der Waals surface area contributed by atoms with E-state index in [9.17, 15) is 9.90 Å². The third-order valence-electron chi connectivity index (χ3n) is 8.52. The first-order valence-electron chi connectivity index (χ1n) is 12.7. The third-order valence-corrected chi connectivity index (χ3v) is 8.52. The molecule has 6 rings (SSSR count). The number of esters is 1. The summed E-state index contributed by atoms with van der Waals surface area (Å²) < 4.78 is 10.8. The highest BCUT2D eigenvalue weighted by molar-refractivity contribution is 5.90. The molecule has 1 N–H and O–H groups in total. The van der Waals surface area contributed by atoms with E-state index in [1.807, 2.05) is 12.1 Å². The van der Waals surface area contributed by atoms with Gasteiger partial charge in [-0.3, -0.25) is 0 Å². The smallest absolute Gasteiger partial charge is 0.337 e. The average molecular weight is 461 g/mol. The Morgan fingerprint density at radius 2 is 1.68 bits per heavy atom. The van der Waals surface area contributed by atoms with Crippen LogP contribution in [0.15, 0.2) is 48.5 Å². The van der Waals surface area contributed by atoms with Crippen molar-refractivity contribution in [1.82, 2.24) is 0 Å². The number of aliphatic hydroxyl groups excluding tert-OH is 1. The van der Waals surface area contributed by atoms with E-state index in [4.69, 9.17) is 9.47 Å². The number of hydrogen-bond acceptors (Lipinski definition) is 4. The molecule has 2 aromatic carbocycles. The number of aliphatic hydroxyl groups is 1. The Hall–Kier alpha value is -2.59. The van der Waals surface area contributed by atoms with Crippen molar-refractivity contribution in [3.63, 3.8) is 0 Å². The zero-order valence-electron chi connectivity index (χ0n) is 20.4. The van der Waals surface area contributed by atoms with Gasteiger partial charge < -0.3 is 14.6 Å². The average Bonchev–Trinajstić information content (AvgIpc) is 2.85. The molecule has 180 valence electrons. The van der Waals surface area contributed by atoms with Crippen LogP contribution in [0.2, 0.25) is 0 Å². The molecule has 0 atom stereocenters. The van der Waals surface area contributed by atoms with Crippen molar-refractivity contribution in [2.24, 2.45) is 17.8 Å². The van der Waals surface area contributed by atoms with Crippen molar-refractivity contribution in [2.75, 3.05) is 20.8 Å². The van der Waals surface area contributed by atoms with E-state index in [0.29, 0.717) is 11.0 Å². The number of carbonyl (C=O) groups is 1. The number of allylic oxidation sites excluding steroid dienone is 1. The van der Waals surface area contributed by atoms with Crippen LogP contribution in [0, 0.1) is 17.8 Å². The lowest BCUT2D eigenvalue weighted by atomic mass is 9.48. The fraction of sp³-hybridized carbons (Fsp3) is 0.500. The molecule has 4 heteroatoms. The summed E-state index contributed by atoms with van der Waals surface area (Å²) in [6.45, 7) is -0.0705. The number of hydrogen-bond donors (Lipinski definition) is 1. The summed E-state index contributed by atoms with van der Waals surface area (Å²) in [5.74, 6) is 3.42. The molecular weight excluding hydrogens is 424 g/mol. The number of rotatable bonds is 8. The predicted molar refractivity (Wildman–Crippen MR) is 134 cm³/mol. The summed E-state index contributed by atoms with van der Waals surface area (Å²) in [4.78, 5) is 11.8. The zero-order valence-corrected chi connectivity index (χ0v) is 20.4. The second-order valence-corrected chi connectivity index (χ2v) is 10.7. The number of aryl methyl sites for hydroxylation is 1. The summed E-state index contributed by atoms with van der Waals surface area (Å²) in [6, 6.07) is 14.1. The van der Waals surface area contributed by atoms with Gasteiger partial charge in [0, 0.05) is 5.56 Å². The molecule has 0 heterocycles. The van der Waals surface area contributed by atoms with Crippen LogP contribution < -0.4 is 4.74 Å². The Kier molecular flexibility index (Phi) is 6.52. The molecule has 0 aromatic heterocycles. The SMILES string of the molecule is COC(=O)c1cccc(C(=CCCc2ccc(C34CC5CC(CC(C5)C3)C4)c(OC)c2)CO)c1. The summed E-state index contributed by atoms with van der Waals surface area (Å²) in [6.07, 6.45) is 12.1. The van der Waals surface area contributed by atoms with E-state index in [-0.39, 0.29) is 12.6 Å². The second-order valence-electron chi connectivity index (χ2n) is 10.7. The molecule has 4 aliphatic carbocycles. The Morgan fingerprint density at radius 1 is 1.00 bits per heavy atom. The predicted octanol–water partition coefficient (Wildman–Crippen LogP) is 5.96. The van der Waals surface area contributed by atoms with E-state index in [0.717, 1.165) is 47.5 Å². The van der Waals surface area contributed by atoms with E-state index in [1.165, 1.54) is 56.8 Å². The van der Waals surface area contributed by atoms with Crippen molar-refractivity contribution in [2.45, 2.75) is 56.8 Å². The van der Waals surface area contributed by atoms with Crippen LogP contribution in [-0.2, 0) is 16.6 Å². The van der Waals surface area contributed by atoms with Gasteiger partial charge in [-0.05, 0) is 109 Å². The fourth-order valence-corrected chi connectivity index (χ4v) is 7.42. The number of carbonyl (C=O) groups excluding carboxylic acids is 1. The van der Waals surface area contributed by atoms with E-state index in [2.05, 4.69) is 24.3 Å². The van der Waals surface area contributed by atoms with Gasteiger partial charge in [0.25, 0.3) is 0 Å². The van der Waals surface area contributed by atoms with Crippen LogP contribution in [0.4, 0.5) is 0 Å². The molecule has 0 amide bonds. The monoisotopic (exact) mass is 460 g/mol. The van der Waals surface area contributed by atoms with Gasteiger partial charge in [0.1, 0.15) is 5.75 Å². The van der Waals surface area contributed by atoms with E-state index >= 15 is 0 Å². The first-order chi connectivity index (χ1) is 16.5. The molecule has 4 bridgehead atoms. The fourth-order valence-electron chi connectivity index (χ4n) is 7.42. The van der Waals surface area contributed by atoms with Gasteiger partial charge in [-0.15, -0.1) is 0 Å². The topological polar surface area (TPSA) is 55.8 Å². The molecule has 34 heavy (non-hydrogen) atoms. The molecule has 0 spiro atoms. The van der Waals surface area contributed by atoms with Gasteiger partial charge in [0.05, 0.1) is 26.4 Å². The summed E-state index contributed by atoms with van der Waals surface area (Å²) >= 11 is 0. The van der Waals surface area contributed by atoms with Crippen molar-refractivity contribution < 1.29 is 19.4 Å². The van der Waals surface area contributed by atoms with Gasteiger partial charge in [0.2, 0.25) is 0 Å². The lowest BCUT2D eigenvalue weighted by molar-refractivity contribution is -0.00616. The first kappa shape index (κ1) is 23.2. The van der Waals surface area contributed by atoms with Gasteiger partial charge in [-0.1, -0.05) is 30.3 Å². The van der Waals surface area contributed by atoms with Gasteiger partial charge in [-0.2, -0.15) is 0 Å². The maximum Gasteiger partial charge on any atom is 0.337 e. The highest BCUT2D eigenvalue weighted by Crippen LogP contribution is 2.61. The highest BCUT2D eigenvalue weighted by Gasteiger charge is 2.52. The lowest BCUT2D eigenvalue weighted by Crippen LogP contribution is -2.48. The Bertz CT molecular complexity index is 1050. The minimum atomic E-state index is -0.370. The first-order valence-corrected chi connectivity index (χ1v) is 12.7. The largest absolute Gasteiger partial charge is 0.496 e. The van der Waals surface area contributed by atoms with Crippen LogP contribution in [0.5, 0.6) is 5.75 Å². The zero-order chi connectivity index (χ0) is 23.7. The van der Waals surface area contributed by atoms with Gasteiger partial charge in [-0.25, -0.2) is 4.79 Å². The van der Waals surface area contributed by atoms with Crippen LogP contribution in [0.25, 0.3) is 5.57 Å². The molecule has 4 aliphatic rings. The Morgan fingerprint density at radius 3 is 2.29 bits per heavy atom. The molecule has 0 saturated heterocycles. The lowest BCUT2D eigenvalue weighted by Gasteiger charge is -2.57. The van der Waals surface area contributed by atoms with Crippen LogP contribution in [-0.4, -0.2) is 31.9 Å². The summed E-state index contributed by atoms with van der Waals surface area (Å²) in [5, 5.41) is 9.93. The molecule has 4 nitrogen and oxygen atoms in total. The van der Waals surface area contributed by atoms with Crippen molar-refractivity contribution in [1.29, 1.82) is 0 Å². The minimum absolute atomic E-state index is 0.0705. The van der Waals surface area contributed by atoms with Crippen molar-refractivity contribution in [3.05, 3.63) is 70.8 Å². The molecule has 4 saturated carbocycles. The quantitative estimate of drug-likeness (QED) is 0.494. The van der Waals surface area contributed by atoms with E-state index in [1.54, 1.807) is 19.2 Å². The summed E-state index contributed by atoms with van der Waals surface area (Å²) in [7, 11) is 3.18. The maximum absolute atomic E-state index is 11.8. The van der Waals surface area contributed by atoms with Crippen LogP contribution >= 0.6 is 0 Å². The second kappa shape index (κ2) is 9.58. The number of ether oxygens (including phenoxy) is 2. The van der Waals surface area contributed by atoms with Crippen molar-refractivity contribution in [3.8, 4) is 5.75 Å².